The Bertz CT molecular complexity index is 836. The van der Waals surface area contributed by atoms with Gasteiger partial charge in [0.25, 0.3) is 0 Å². The van der Waals surface area contributed by atoms with Crippen LogP contribution >= 0.6 is 0 Å². The van der Waals surface area contributed by atoms with E-state index in [-0.39, 0.29) is 31.2 Å². The molecule has 2 rings (SSSR count). The number of para-hydroxylation sites is 1. The van der Waals surface area contributed by atoms with Gasteiger partial charge in [0.1, 0.15) is 5.82 Å². The molecule has 0 spiro atoms. The van der Waals surface area contributed by atoms with Crippen LogP contribution in [0.5, 0.6) is 0 Å². The molecule has 0 bridgehead atoms. The van der Waals surface area contributed by atoms with Crippen LogP contribution in [0.15, 0.2) is 48.5 Å². The number of carbonyl (C=O) groups is 1. The highest BCUT2D eigenvalue weighted by Gasteiger charge is 2.19. The smallest absolute Gasteiger partial charge is 0.232 e. The van der Waals surface area contributed by atoms with Crippen molar-refractivity contribution in [2.75, 3.05) is 17.1 Å². The Morgan fingerprint density at radius 3 is 2.36 bits per heavy atom. The third kappa shape index (κ3) is 5.56. The summed E-state index contributed by atoms with van der Waals surface area (Å²) in [7, 11) is -3.50. The number of amides is 1. The predicted octanol–water partition coefficient (Wildman–Crippen LogP) is 2.61. The predicted molar refractivity (Wildman–Crippen MR) is 96.2 cm³/mol. The van der Waals surface area contributed by atoms with Crippen LogP contribution < -0.4 is 9.62 Å². The number of nitrogens with one attached hydrogen (secondary N) is 1. The van der Waals surface area contributed by atoms with Gasteiger partial charge < -0.3 is 5.32 Å². The molecule has 0 aliphatic rings. The maximum absolute atomic E-state index is 12.9. The SMILES string of the molecule is Cc1ccccc1N(CCC(=O)NCc1ccc(F)cc1)S(C)(=O)=O. The Morgan fingerprint density at radius 1 is 1.12 bits per heavy atom. The van der Waals surface area contributed by atoms with Gasteiger partial charge in [0.2, 0.25) is 15.9 Å². The van der Waals surface area contributed by atoms with E-state index >= 15 is 0 Å². The van der Waals surface area contributed by atoms with Gasteiger partial charge in [-0.2, -0.15) is 0 Å². The molecule has 0 aliphatic carbocycles. The molecule has 2 aromatic carbocycles. The Balaban J connectivity index is 1.97. The number of carbonyl (C=O) groups excluding carboxylic acids is 1. The maximum atomic E-state index is 12.9. The molecule has 0 unspecified atom stereocenters. The summed E-state index contributed by atoms with van der Waals surface area (Å²) in [5, 5.41) is 2.71. The Morgan fingerprint density at radius 2 is 1.76 bits per heavy atom. The molecule has 5 nitrogen and oxygen atoms in total. The number of hydrogen-bond donors (Lipinski definition) is 1. The standard InChI is InChI=1S/C18H21FN2O3S/c1-14-5-3-4-6-17(14)21(25(2,23)24)12-11-18(22)20-13-15-7-9-16(19)10-8-15/h3-10H,11-13H2,1-2H3,(H,20,22). The van der Waals surface area contributed by atoms with Crippen LogP contribution in [0.25, 0.3) is 0 Å². The average molecular weight is 364 g/mol. The number of rotatable bonds is 7. The quantitative estimate of drug-likeness (QED) is 0.821. The second-order valence-electron chi connectivity index (χ2n) is 5.77. The summed E-state index contributed by atoms with van der Waals surface area (Å²) in [6.45, 7) is 2.14. The van der Waals surface area contributed by atoms with Crippen LogP contribution in [0, 0.1) is 12.7 Å². The number of halogens is 1. The summed E-state index contributed by atoms with van der Waals surface area (Å²) in [4.78, 5) is 12.0. The third-order valence-electron chi connectivity index (χ3n) is 3.73. The van der Waals surface area contributed by atoms with Crippen LogP contribution in [-0.2, 0) is 21.4 Å². The number of anilines is 1. The van der Waals surface area contributed by atoms with Crippen LogP contribution in [0.4, 0.5) is 10.1 Å². The van der Waals surface area contributed by atoms with E-state index in [1.807, 2.05) is 19.1 Å². The average Bonchev–Trinajstić information content (AvgIpc) is 2.55. The van der Waals surface area contributed by atoms with Crippen molar-refractivity contribution in [3.63, 3.8) is 0 Å². The van der Waals surface area contributed by atoms with E-state index in [1.54, 1.807) is 24.3 Å². The van der Waals surface area contributed by atoms with Crippen molar-refractivity contribution in [3.8, 4) is 0 Å². The van der Waals surface area contributed by atoms with Gasteiger partial charge in [0, 0.05) is 19.5 Å². The lowest BCUT2D eigenvalue weighted by Crippen LogP contribution is -2.35. The van der Waals surface area contributed by atoms with Crippen molar-refractivity contribution in [1.29, 1.82) is 0 Å². The summed E-state index contributed by atoms with van der Waals surface area (Å²) in [6, 6.07) is 13.0. The lowest BCUT2D eigenvalue weighted by molar-refractivity contribution is -0.121. The molecule has 0 saturated carbocycles. The zero-order valence-electron chi connectivity index (χ0n) is 14.2. The number of benzene rings is 2. The van der Waals surface area contributed by atoms with E-state index < -0.39 is 10.0 Å². The normalized spacial score (nSPS) is 11.2. The Labute approximate surface area is 147 Å². The van der Waals surface area contributed by atoms with E-state index in [9.17, 15) is 17.6 Å². The highest BCUT2D eigenvalue weighted by molar-refractivity contribution is 7.92. The molecular formula is C18H21FN2O3S. The molecule has 25 heavy (non-hydrogen) atoms. The fraction of sp³-hybridized carbons (Fsp3) is 0.278. The van der Waals surface area contributed by atoms with Gasteiger partial charge >= 0.3 is 0 Å². The van der Waals surface area contributed by atoms with Crippen LogP contribution in [-0.4, -0.2) is 27.1 Å². The largest absolute Gasteiger partial charge is 0.352 e. The molecule has 1 N–H and O–H groups in total. The van der Waals surface area contributed by atoms with Gasteiger partial charge in [-0.05, 0) is 36.2 Å². The molecule has 0 aromatic heterocycles. The molecule has 0 radical (unpaired) electrons. The molecular weight excluding hydrogens is 343 g/mol. The summed E-state index contributed by atoms with van der Waals surface area (Å²) < 4.78 is 38.2. The van der Waals surface area contributed by atoms with Gasteiger partial charge in [-0.1, -0.05) is 30.3 Å². The van der Waals surface area contributed by atoms with Crippen molar-refractivity contribution in [2.24, 2.45) is 0 Å². The van der Waals surface area contributed by atoms with Crippen molar-refractivity contribution in [2.45, 2.75) is 19.9 Å². The maximum Gasteiger partial charge on any atom is 0.232 e. The van der Waals surface area contributed by atoms with Crippen LogP contribution in [0.1, 0.15) is 17.5 Å². The molecule has 134 valence electrons. The lowest BCUT2D eigenvalue weighted by atomic mass is 10.2. The second-order valence-corrected chi connectivity index (χ2v) is 7.68. The molecule has 0 aliphatic heterocycles. The molecule has 0 atom stereocenters. The first-order chi connectivity index (χ1) is 11.8. The first kappa shape index (κ1) is 18.9. The minimum absolute atomic E-state index is 0.0304. The number of sulfonamides is 1. The highest BCUT2D eigenvalue weighted by Crippen LogP contribution is 2.22. The summed E-state index contributed by atoms with van der Waals surface area (Å²) in [6.07, 6.45) is 1.15. The summed E-state index contributed by atoms with van der Waals surface area (Å²) in [5.74, 6) is -0.608. The van der Waals surface area contributed by atoms with Gasteiger partial charge in [-0.3, -0.25) is 9.10 Å². The van der Waals surface area contributed by atoms with E-state index in [1.165, 1.54) is 16.4 Å². The minimum Gasteiger partial charge on any atom is -0.352 e. The van der Waals surface area contributed by atoms with E-state index in [2.05, 4.69) is 5.32 Å². The number of nitrogens with zero attached hydrogens (tertiary/aromatic N) is 1. The van der Waals surface area contributed by atoms with Gasteiger partial charge in [0.05, 0.1) is 11.9 Å². The zero-order chi connectivity index (χ0) is 18.4. The van der Waals surface area contributed by atoms with Crippen LogP contribution in [0.3, 0.4) is 0 Å². The monoisotopic (exact) mass is 364 g/mol. The zero-order valence-corrected chi connectivity index (χ0v) is 15.0. The molecule has 1 amide bonds. The molecule has 0 heterocycles. The van der Waals surface area contributed by atoms with Crippen molar-refractivity contribution >= 4 is 21.6 Å². The van der Waals surface area contributed by atoms with E-state index in [0.29, 0.717) is 5.69 Å². The van der Waals surface area contributed by atoms with Crippen LogP contribution in [0.2, 0.25) is 0 Å². The fourth-order valence-corrected chi connectivity index (χ4v) is 3.39. The summed E-state index contributed by atoms with van der Waals surface area (Å²) in [5.41, 5.74) is 2.16. The number of aryl methyl sites for hydroxylation is 1. The van der Waals surface area contributed by atoms with E-state index in [0.717, 1.165) is 17.4 Å². The Hall–Kier alpha value is -2.41. The fourth-order valence-electron chi connectivity index (χ4n) is 2.40. The first-order valence-corrected chi connectivity index (χ1v) is 9.66. The van der Waals surface area contributed by atoms with Gasteiger partial charge in [-0.15, -0.1) is 0 Å². The minimum atomic E-state index is -3.50. The van der Waals surface area contributed by atoms with E-state index in [4.69, 9.17) is 0 Å². The van der Waals surface area contributed by atoms with Crippen molar-refractivity contribution in [1.82, 2.24) is 5.32 Å². The third-order valence-corrected chi connectivity index (χ3v) is 4.91. The van der Waals surface area contributed by atoms with Crippen molar-refractivity contribution < 1.29 is 17.6 Å². The Kier molecular flexibility index (Phi) is 6.14. The van der Waals surface area contributed by atoms with Crippen molar-refractivity contribution in [3.05, 3.63) is 65.5 Å². The molecule has 7 heteroatoms. The molecule has 0 fully saturated rings. The molecule has 2 aromatic rings. The lowest BCUT2D eigenvalue weighted by Gasteiger charge is -2.23. The first-order valence-electron chi connectivity index (χ1n) is 7.82. The summed E-state index contributed by atoms with van der Waals surface area (Å²) >= 11 is 0. The molecule has 0 saturated heterocycles. The second kappa shape index (κ2) is 8.11. The van der Waals surface area contributed by atoms with Gasteiger partial charge in [0.15, 0.2) is 0 Å². The highest BCUT2D eigenvalue weighted by atomic mass is 32.2. The topological polar surface area (TPSA) is 66.5 Å². The van der Waals surface area contributed by atoms with Gasteiger partial charge in [-0.25, -0.2) is 12.8 Å². The number of hydrogen-bond acceptors (Lipinski definition) is 3.